The van der Waals surface area contributed by atoms with Crippen LogP contribution in [-0.4, -0.2) is 0 Å². The molecule has 0 aliphatic rings. The molecule has 0 aromatic rings. The molecule has 0 rings (SSSR count). The van der Waals surface area contributed by atoms with Gasteiger partial charge >= 0.3 is 0 Å². The van der Waals surface area contributed by atoms with Gasteiger partial charge in [-0.3, -0.25) is 0 Å². The molecule has 0 spiro atoms. The third kappa shape index (κ3) is 13.2. The van der Waals surface area contributed by atoms with E-state index in [2.05, 4.69) is 96.7 Å². The van der Waals surface area contributed by atoms with Crippen molar-refractivity contribution in [2.45, 2.75) is 33.1 Å². The van der Waals surface area contributed by atoms with E-state index in [1.165, 1.54) is 0 Å². The molecular weight excluding hydrogens is 276 g/mol. The third-order valence-corrected chi connectivity index (χ3v) is 2.51. The number of hydrogen-bond donors (Lipinski definition) is 0. The van der Waals surface area contributed by atoms with Crippen molar-refractivity contribution in [1.82, 2.24) is 0 Å². The summed E-state index contributed by atoms with van der Waals surface area (Å²) >= 11 is 0. The van der Waals surface area contributed by atoms with Crippen LogP contribution >= 0.6 is 0 Å². The van der Waals surface area contributed by atoms with Gasteiger partial charge in [-0.1, -0.05) is 32.1 Å². The van der Waals surface area contributed by atoms with E-state index in [0.717, 1.165) is 19.3 Å². The van der Waals surface area contributed by atoms with Gasteiger partial charge in [0.15, 0.2) is 0 Å². The zero-order valence-electron chi connectivity index (χ0n) is 13.4. The topological polar surface area (TPSA) is 0 Å². The second-order valence-electron chi connectivity index (χ2n) is 4.45. The largest absolute Gasteiger partial charge is 0.106 e. The van der Waals surface area contributed by atoms with Gasteiger partial charge in [0.2, 0.25) is 0 Å². The molecule has 2 unspecified atom stereocenters. The summed E-state index contributed by atoms with van der Waals surface area (Å²) in [5.74, 6) is 37.1. The third-order valence-electron chi connectivity index (χ3n) is 2.51. The van der Waals surface area contributed by atoms with Crippen LogP contribution in [0.15, 0.2) is 0 Å². The minimum atomic E-state index is 0.199. The van der Waals surface area contributed by atoms with Crippen molar-refractivity contribution in [3.8, 4) is 95.7 Å². The Balaban J connectivity index is 4.69. The van der Waals surface area contributed by atoms with Crippen molar-refractivity contribution in [1.29, 1.82) is 0 Å². The van der Waals surface area contributed by atoms with E-state index in [4.69, 9.17) is 12.8 Å². The van der Waals surface area contributed by atoms with Crippen molar-refractivity contribution in [3.63, 3.8) is 0 Å². The maximum absolute atomic E-state index is 4.99. The lowest BCUT2D eigenvalue weighted by Gasteiger charge is -2.10. The maximum Gasteiger partial charge on any atom is 0.0224 e. The lowest BCUT2D eigenvalue weighted by Crippen LogP contribution is -2.03. The second kappa shape index (κ2) is 14.9. The quantitative estimate of drug-likeness (QED) is 0.699. The van der Waals surface area contributed by atoms with Crippen LogP contribution in [0.5, 0.6) is 0 Å². The Morgan fingerprint density at radius 3 is 1.70 bits per heavy atom. The normalized spacial score (nSPS) is 9.04. The van der Waals surface area contributed by atoms with Crippen molar-refractivity contribution in [2.75, 3.05) is 0 Å². The lowest BCUT2D eigenvalue weighted by atomic mass is 9.93. The van der Waals surface area contributed by atoms with Crippen molar-refractivity contribution in [3.05, 3.63) is 0 Å². The zero-order valence-corrected chi connectivity index (χ0v) is 13.4. The van der Waals surface area contributed by atoms with Crippen LogP contribution in [0.4, 0.5) is 0 Å². The lowest BCUT2D eigenvalue weighted by molar-refractivity contribution is 0.497. The Labute approximate surface area is 141 Å². The predicted octanol–water partition coefficient (Wildman–Crippen LogP) is 2.72. The molecule has 2 atom stereocenters. The Bertz CT molecular complexity index is 830. The van der Waals surface area contributed by atoms with Crippen LogP contribution in [0.1, 0.15) is 33.1 Å². The van der Waals surface area contributed by atoms with Crippen LogP contribution < -0.4 is 0 Å². The van der Waals surface area contributed by atoms with E-state index in [-0.39, 0.29) is 11.8 Å². The van der Waals surface area contributed by atoms with E-state index in [1.54, 1.807) is 0 Å². The maximum atomic E-state index is 4.99. The highest BCUT2D eigenvalue weighted by atomic mass is 14.1. The highest BCUT2D eigenvalue weighted by Gasteiger charge is 2.08. The molecule has 0 radical (unpaired) electrons. The summed E-state index contributed by atoms with van der Waals surface area (Å²) < 4.78 is 0. The highest BCUT2D eigenvalue weighted by Crippen LogP contribution is 2.16. The van der Waals surface area contributed by atoms with Crippen molar-refractivity contribution >= 4 is 0 Å². The van der Waals surface area contributed by atoms with E-state index in [9.17, 15) is 0 Å². The highest BCUT2D eigenvalue weighted by molar-refractivity contribution is 5.40. The molecule has 108 valence electrons. The van der Waals surface area contributed by atoms with Gasteiger partial charge in [-0.25, -0.2) is 0 Å². The second-order valence-corrected chi connectivity index (χ2v) is 4.45. The van der Waals surface area contributed by atoms with Crippen LogP contribution in [0.3, 0.4) is 0 Å². The molecule has 0 amide bonds. The average molecular weight is 292 g/mol. The van der Waals surface area contributed by atoms with Crippen molar-refractivity contribution < 1.29 is 0 Å². The minimum absolute atomic E-state index is 0.199. The number of rotatable bonds is 4. The molecule has 0 bridgehead atoms. The average Bonchev–Trinajstić information content (AvgIpc) is 2.54. The monoisotopic (exact) mass is 292 g/mol. The van der Waals surface area contributed by atoms with Crippen LogP contribution in [0, 0.1) is 108 Å². The molecule has 0 aliphatic carbocycles. The van der Waals surface area contributed by atoms with Crippen LogP contribution in [0.2, 0.25) is 0 Å². The first-order valence-corrected chi connectivity index (χ1v) is 7.16. The number of hydrogen-bond acceptors (Lipinski definition) is 0. The first-order valence-electron chi connectivity index (χ1n) is 7.16. The van der Waals surface area contributed by atoms with Gasteiger partial charge in [0.05, 0.1) is 0 Å². The molecule has 0 N–H and O–H groups in total. The summed E-state index contributed by atoms with van der Waals surface area (Å²) in [4.78, 5) is 0. The first-order chi connectivity index (χ1) is 11.2. The Morgan fingerprint density at radius 2 is 1.17 bits per heavy atom. The van der Waals surface area contributed by atoms with E-state index < -0.39 is 0 Å². The number of terminal acetylenes is 2. The molecule has 0 heterocycles. The molecule has 0 fully saturated rings. The van der Waals surface area contributed by atoms with Gasteiger partial charge in [0.1, 0.15) is 0 Å². The van der Waals surface area contributed by atoms with Crippen LogP contribution in [-0.2, 0) is 0 Å². The van der Waals surface area contributed by atoms with Gasteiger partial charge < -0.3 is 0 Å². The smallest absolute Gasteiger partial charge is 0.0224 e. The molecule has 23 heavy (non-hydrogen) atoms. The van der Waals surface area contributed by atoms with Gasteiger partial charge in [-0.15, -0.1) is 12.8 Å². The SMILES string of the molecule is C#CC#CC#CC#CC(C)CC(C#CC#CC#CC#C)CCC. The summed E-state index contributed by atoms with van der Waals surface area (Å²) in [5, 5.41) is 0. The zero-order chi connectivity index (χ0) is 17.2. The fourth-order valence-corrected chi connectivity index (χ4v) is 1.64. The van der Waals surface area contributed by atoms with Crippen molar-refractivity contribution in [2.24, 2.45) is 11.8 Å². The molecule has 0 saturated heterocycles. The fourth-order valence-electron chi connectivity index (χ4n) is 1.64. The summed E-state index contributed by atoms with van der Waals surface area (Å²) in [6, 6.07) is 0. The van der Waals surface area contributed by atoms with E-state index in [0.29, 0.717) is 0 Å². The predicted molar refractivity (Wildman–Crippen MR) is 96.5 cm³/mol. The fraction of sp³-hybridized carbons (Fsp3) is 0.304. The molecule has 0 nitrogen and oxygen atoms in total. The molecule has 0 heteroatoms. The Kier molecular flexibility index (Phi) is 12.6. The summed E-state index contributed by atoms with van der Waals surface area (Å²) in [6.45, 7) is 4.18. The first kappa shape index (κ1) is 19.5. The molecular formula is C23H16. The van der Waals surface area contributed by atoms with Gasteiger partial charge in [0.25, 0.3) is 0 Å². The van der Waals surface area contributed by atoms with Crippen LogP contribution in [0.25, 0.3) is 0 Å². The van der Waals surface area contributed by atoms with E-state index in [1.807, 2.05) is 0 Å². The standard InChI is InChI=1S/C23H16/c1-5-8-10-12-14-16-19-22(4)21-23(18-7-3)20-17-15-13-11-9-6-2/h1-2,22-23H,7,18,21H2,3-4H3. The minimum Gasteiger partial charge on any atom is -0.106 e. The summed E-state index contributed by atoms with van der Waals surface area (Å²) in [5.41, 5.74) is 0. The summed E-state index contributed by atoms with van der Waals surface area (Å²) in [6.07, 6.45) is 12.9. The molecule has 0 aliphatic heterocycles. The molecule has 0 aromatic heterocycles. The summed E-state index contributed by atoms with van der Waals surface area (Å²) in [7, 11) is 0. The van der Waals surface area contributed by atoms with E-state index >= 15 is 0 Å². The van der Waals surface area contributed by atoms with Gasteiger partial charge in [-0.05, 0) is 83.9 Å². The molecule has 0 saturated carbocycles. The van der Waals surface area contributed by atoms with Gasteiger partial charge in [-0.2, -0.15) is 0 Å². The molecule has 0 aromatic carbocycles. The Morgan fingerprint density at radius 1 is 0.696 bits per heavy atom. The Hall–Kier alpha value is -3.52. The van der Waals surface area contributed by atoms with Gasteiger partial charge in [0, 0.05) is 11.8 Å².